The van der Waals surface area contributed by atoms with Gasteiger partial charge in [-0.05, 0) is 72.7 Å². The number of rotatable bonds is 5. The molecule has 156 valence electrons. The highest BCUT2D eigenvalue weighted by molar-refractivity contribution is 7.89. The van der Waals surface area contributed by atoms with E-state index in [4.69, 9.17) is 0 Å². The fourth-order valence-electron chi connectivity index (χ4n) is 3.55. The predicted molar refractivity (Wildman–Crippen MR) is 111 cm³/mol. The summed E-state index contributed by atoms with van der Waals surface area (Å²) in [6.45, 7) is 2.48. The normalized spacial score (nSPS) is 17.6. The maximum atomic E-state index is 12.9. The van der Waals surface area contributed by atoms with Crippen molar-refractivity contribution >= 4 is 21.6 Å². The van der Waals surface area contributed by atoms with E-state index in [1.807, 2.05) is 6.92 Å². The molecule has 0 spiro atoms. The number of tetrazole rings is 1. The van der Waals surface area contributed by atoms with Crippen molar-refractivity contribution in [2.45, 2.75) is 37.1 Å². The summed E-state index contributed by atoms with van der Waals surface area (Å²) in [7, 11) is -3.54. The molecule has 0 saturated carbocycles. The Labute approximate surface area is 174 Å². The van der Waals surface area contributed by atoms with Crippen LogP contribution < -0.4 is 5.32 Å². The topological polar surface area (TPSA) is 110 Å². The number of sulfonamides is 1. The molecular formula is C20H22N6O3S. The molecule has 2 aromatic carbocycles. The summed E-state index contributed by atoms with van der Waals surface area (Å²) in [6, 6.07) is 13.1. The van der Waals surface area contributed by atoms with Gasteiger partial charge in [0.05, 0.1) is 10.6 Å². The zero-order chi connectivity index (χ0) is 21.1. The number of piperidine rings is 1. The molecule has 2 heterocycles. The monoisotopic (exact) mass is 426 g/mol. The van der Waals surface area contributed by atoms with E-state index in [1.54, 1.807) is 40.7 Å². The number of carbonyl (C=O) groups is 1. The van der Waals surface area contributed by atoms with Gasteiger partial charge in [0.15, 0.2) is 0 Å². The van der Waals surface area contributed by atoms with Gasteiger partial charge in [0.2, 0.25) is 10.0 Å². The van der Waals surface area contributed by atoms with Crippen molar-refractivity contribution in [1.82, 2.24) is 24.5 Å². The number of carbonyl (C=O) groups excluding carboxylic acids is 1. The molecule has 0 aliphatic carbocycles. The van der Waals surface area contributed by atoms with Crippen LogP contribution >= 0.6 is 0 Å². The first kappa shape index (κ1) is 20.2. The van der Waals surface area contributed by atoms with Crippen LogP contribution in [0.15, 0.2) is 59.8 Å². The number of hydrogen-bond acceptors (Lipinski definition) is 6. The Morgan fingerprint density at radius 1 is 1.13 bits per heavy atom. The van der Waals surface area contributed by atoms with Crippen LogP contribution in [-0.4, -0.2) is 51.4 Å². The number of nitrogens with zero attached hydrogens (tertiary/aromatic N) is 5. The molecule has 3 aromatic rings. The van der Waals surface area contributed by atoms with E-state index in [2.05, 4.69) is 20.8 Å². The molecule has 0 radical (unpaired) electrons. The molecule has 0 bridgehead atoms. The Morgan fingerprint density at radius 3 is 2.63 bits per heavy atom. The molecule has 10 heteroatoms. The van der Waals surface area contributed by atoms with Crippen molar-refractivity contribution in [3.05, 3.63) is 60.4 Å². The van der Waals surface area contributed by atoms with E-state index >= 15 is 0 Å². The Morgan fingerprint density at radius 2 is 1.93 bits per heavy atom. The zero-order valence-corrected chi connectivity index (χ0v) is 17.3. The van der Waals surface area contributed by atoms with Gasteiger partial charge in [0.25, 0.3) is 5.91 Å². The highest BCUT2D eigenvalue weighted by atomic mass is 32.2. The number of hydrogen-bond donors (Lipinski definition) is 1. The second-order valence-corrected chi connectivity index (χ2v) is 9.13. The lowest BCUT2D eigenvalue weighted by molar-refractivity contribution is 0.102. The van der Waals surface area contributed by atoms with Gasteiger partial charge in [-0.1, -0.05) is 12.5 Å². The number of anilines is 1. The van der Waals surface area contributed by atoms with Crippen molar-refractivity contribution in [1.29, 1.82) is 0 Å². The first-order valence-electron chi connectivity index (χ1n) is 9.72. The molecule has 1 aromatic heterocycles. The van der Waals surface area contributed by atoms with Crippen LogP contribution in [0.25, 0.3) is 5.69 Å². The van der Waals surface area contributed by atoms with Crippen molar-refractivity contribution in [3.8, 4) is 5.69 Å². The van der Waals surface area contributed by atoms with Gasteiger partial charge in [-0.3, -0.25) is 4.79 Å². The molecule has 1 aliphatic rings. The van der Waals surface area contributed by atoms with Crippen LogP contribution in [0, 0.1) is 0 Å². The molecule has 1 amide bonds. The van der Waals surface area contributed by atoms with E-state index in [9.17, 15) is 13.2 Å². The third-order valence-electron chi connectivity index (χ3n) is 5.18. The highest BCUT2D eigenvalue weighted by Gasteiger charge is 2.30. The molecule has 4 rings (SSSR count). The molecule has 1 saturated heterocycles. The molecule has 1 aliphatic heterocycles. The van der Waals surface area contributed by atoms with Gasteiger partial charge >= 0.3 is 0 Å². The Hall–Kier alpha value is -3.11. The first-order valence-corrected chi connectivity index (χ1v) is 11.2. The van der Waals surface area contributed by atoms with Crippen LogP contribution in [0.5, 0.6) is 0 Å². The number of amides is 1. The standard InChI is InChI=1S/C20H22N6O3S/c1-15-5-2-3-12-26(15)30(28,29)19-10-8-17(9-11-19)22-20(27)16-6-4-7-18(13-16)25-14-21-23-24-25/h4,6-11,13-15H,2-3,5,12H2,1H3,(H,22,27)/t15-/m0/s1. The summed E-state index contributed by atoms with van der Waals surface area (Å²) in [6.07, 6.45) is 4.24. The average molecular weight is 427 g/mol. The summed E-state index contributed by atoms with van der Waals surface area (Å²) < 4.78 is 28.9. The molecule has 1 N–H and O–H groups in total. The SMILES string of the molecule is C[C@H]1CCCCN1S(=O)(=O)c1ccc(NC(=O)c2cccc(-n3cnnn3)c2)cc1. The first-order chi connectivity index (χ1) is 14.4. The van der Waals surface area contributed by atoms with E-state index in [-0.39, 0.29) is 16.8 Å². The van der Waals surface area contributed by atoms with E-state index in [0.29, 0.717) is 23.5 Å². The quantitative estimate of drug-likeness (QED) is 0.671. The fraction of sp³-hybridized carbons (Fsp3) is 0.300. The third kappa shape index (κ3) is 4.10. The maximum absolute atomic E-state index is 12.9. The highest BCUT2D eigenvalue weighted by Crippen LogP contribution is 2.26. The van der Waals surface area contributed by atoms with Gasteiger partial charge < -0.3 is 5.32 Å². The van der Waals surface area contributed by atoms with Gasteiger partial charge in [-0.15, -0.1) is 5.10 Å². The minimum absolute atomic E-state index is 0.00408. The number of benzene rings is 2. The smallest absolute Gasteiger partial charge is 0.255 e. The Bertz CT molecular complexity index is 1130. The predicted octanol–water partition coefficient (Wildman–Crippen LogP) is 2.48. The minimum atomic E-state index is -3.54. The number of aromatic nitrogens is 4. The minimum Gasteiger partial charge on any atom is -0.322 e. The number of nitrogens with one attached hydrogen (secondary N) is 1. The third-order valence-corrected chi connectivity index (χ3v) is 7.21. The van der Waals surface area contributed by atoms with E-state index < -0.39 is 10.0 Å². The Kier molecular flexibility index (Phi) is 5.60. The summed E-state index contributed by atoms with van der Waals surface area (Å²) in [5.41, 5.74) is 1.60. The molecule has 1 atom stereocenters. The average Bonchev–Trinajstić information content (AvgIpc) is 3.29. The summed E-state index contributed by atoms with van der Waals surface area (Å²) >= 11 is 0. The fourth-order valence-corrected chi connectivity index (χ4v) is 5.25. The summed E-state index contributed by atoms with van der Waals surface area (Å²) in [4.78, 5) is 12.8. The zero-order valence-electron chi connectivity index (χ0n) is 16.5. The van der Waals surface area contributed by atoms with Crippen LogP contribution in [0.2, 0.25) is 0 Å². The van der Waals surface area contributed by atoms with Gasteiger partial charge in [0, 0.05) is 23.8 Å². The van der Waals surface area contributed by atoms with Crippen molar-refractivity contribution in [2.75, 3.05) is 11.9 Å². The van der Waals surface area contributed by atoms with Gasteiger partial charge in [0.1, 0.15) is 6.33 Å². The lowest BCUT2D eigenvalue weighted by Gasteiger charge is -2.32. The van der Waals surface area contributed by atoms with Crippen molar-refractivity contribution < 1.29 is 13.2 Å². The molecular weight excluding hydrogens is 404 g/mol. The second kappa shape index (κ2) is 8.33. The second-order valence-electron chi connectivity index (χ2n) is 7.24. The molecule has 0 unspecified atom stereocenters. The summed E-state index contributed by atoms with van der Waals surface area (Å²) in [5, 5.41) is 13.8. The van der Waals surface area contributed by atoms with Crippen LogP contribution in [-0.2, 0) is 10.0 Å². The van der Waals surface area contributed by atoms with Crippen LogP contribution in [0.1, 0.15) is 36.5 Å². The lowest BCUT2D eigenvalue weighted by atomic mass is 10.1. The lowest BCUT2D eigenvalue weighted by Crippen LogP contribution is -2.41. The largest absolute Gasteiger partial charge is 0.322 e. The van der Waals surface area contributed by atoms with E-state index in [0.717, 1.165) is 19.3 Å². The summed E-state index contributed by atoms with van der Waals surface area (Å²) in [5.74, 6) is -0.315. The van der Waals surface area contributed by atoms with Crippen LogP contribution in [0.4, 0.5) is 5.69 Å². The van der Waals surface area contributed by atoms with Crippen LogP contribution in [0.3, 0.4) is 0 Å². The van der Waals surface area contributed by atoms with Gasteiger partial charge in [-0.2, -0.15) is 4.31 Å². The maximum Gasteiger partial charge on any atom is 0.255 e. The van der Waals surface area contributed by atoms with E-state index in [1.165, 1.54) is 23.1 Å². The van der Waals surface area contributed by atoms with Crippen molar-refractivity contribution in [3.63, 3.8) is 0 Å². The Balaban J connectivity index is 1.49. The molecule has 1 fully saturated rings. The molecule has 30 heavy (non-hydrogen) atoms. The molecule has 9 nitrogen and oxygen atoms in total. The van der Waals surface area contributed by atoms with Crippen molar-refractivity contribution in [2.24, 2.45) is 0 Å². The van der Waals surface area contributed by atoms with Gasteiger partial charge in [-0.25, -0.2) is 13.1 Å².